The van der Waals surface area contributed by atoms with E-state index in [1.807, 2.05) is 0 Å². The third-order valence-electron chi connectivity index (χ3n) is 1.60. The number of thiophene rings is 1. The van der Waals surface area contributed by atoms with Crippen molar-refractivity contribution in [1.29, 1.82) is 0 Å². The molecular weight excluding hydrogens is 196 g/mol. The summed E-state index contributed by atoms with van der Waals surface area (Å²) in [6, 6.07) is 4.78. The van der Waals surface area contributed by atoms with Crippen molar-refractivity contribution in [2.45, 2.75) is 0 Å². The Bertz CT molecular complexity index is 436. The molecule has 0 aliphatic carbocycles. The van der Waals surface area contributed by atoms with Gasteiger partial charge in [0.05, 0.1) is 0 Å². The Balaban J connectivity index is 2.88. The average molecular weight is 201 g/mol. The zero-order valence-corrected chi connectivity index (χ0v) is 7.49. The van der Waals surface area contributed by atoms with Crippen LogP contribution in [0.3, 0.4) is 0 Å². The van der Waals surface area contributed by atoms with Gasteiger partial charge in [0.15, 0.2) is 5.75 Å². The molecule has 0 spiro atoms. The average Bonchev–Trinajstić information content (AvgIpc) is 2.31. The van der Waals surface area contributed by atoms with Crippen molar-refractivity contribution in [3.63, 3.8) is 0 Å². The fourth-order valence-electron chi connectivity index (χ4n) is 1.04. The molecule has 0 bridgehead atoms. The molecule has 0 aliphatic rings. The van der Waals surface area contributed by atoms with Gasteiger partial charge in [0, 0.05) is 10.1 Å². The fourth-order valence-corrected chi connectivity index (χ4v) is 2.20. The van der Waals surface area contributed by atoms with Gasteiger partial charge in [-0.3, -0.25) is 0 Å². The summed E-state index contributed by atoms with van der Waals surface area (Å²) in [5.41, 5.74) is 0. The van der Waals surface area contributed by atoms with Gasteiger partial charge in [0.2, 0.25) is 0 Å². The second-order valence-corrected chi connectivity index (χ2v) is 4.06. The highest BCUT2D eigenvalue weighted by Crippen LogP contribution is 2.41. The lowest BCUT2D eigenvalue weighted by atomic mass is 10.2. The normalized spacial score (nSPS) is 10.8. The van der Waals surface area contributed by atoms with Crippen LogP contribution in [-0.2, 0) is 0 Å². The molecule has 1 heterocycles. The van der Waals surface area contributed by atoms with Crippen LogP contribution in [0.25, 0.3) is 10.1 Å². The summed E-state index contributed by atoms with van der Waals surface area (Å²) in [7, 11) is 0. The van der Waals surface area contributed by atoms with Crippen LogP contribution in [0.4, 0.5) is 0 Å². The quantitative estimate of drug-likeness (QED) is 0.687. The van der Waals surface area contributed by atoms with Gasteiger partial charge in [-0.1, -0.05) is 11.6 Å². The second kappa shape index (κ2) is 2.54. The molecule has 2 nitrogen and oxygen atoms in total. The minimum Gasteiger partial charge on any atom is -0.508 e. The number of hydrogen-bond acceptors (Lipinski definition) is 3. The van der Waals surface area contributed by atoms with E-state index in [0.29, 0.717) is 9.72 Å². The molecule has 1 aromatic heterocycles. The summed E-state index contributed by atoms with van der Waals surface area (Å²) in [5.74, 6) is 0.180. The van der Waals surface area contributed by atoms with E-state index in [9.17, 15) is 5.11 Å². The summed E-state index contributed by atoms with van der Waals surface area (Å²) in [4.78, 5) is 0. The highest BCUT2D eigenvalue weighted by molar-refractivity contribution is 7.23. The number of phenols is 1. The largest absolute Gasteiger partial charge is 0.508 e. The van der Waals surface area contributed by atoms with Crippen LogP contribution in [0.1, 0.15) is 0 Å². The van der Waals surface area contributed by atoms with Crippen molar-refractivity contribution in [3.05, 3.63) is 22.5 Å². The zero-order chi connectivity index (χ0) is 8.72. The maximum Gasteiger partial charge on any atom is 0.153 e. The summed E-state index contributed by atoms with van der Waals surface area (Å²) in [6.45, 7) is 0. The Morgan fingerprint density at radius 2 is 2.00 bits per heavy atom. The number of benzene rings is 1. The van der Waals surface area contributed by atoms with Gasteiger partial charge in [-0.15, -0.1) is 11.3 Å². The van der Waals surface area contributed by atoms with E-state index in [1.165, 1.54) is 17.4 Å². The van der Waals surface area contributed by atoms with Crippen molar-refractivity contribution < 1.29 is 10.2 Å². The Morgan fingerprint density at radius 3 is 2.75 bits per heavy atom. The standard InChI is InChI=1S/C8H5ClO2S/c9-8-7(11)5-3-4(10)1-2-6(5)12-8/h1-3,10-11H. The van der Waals surface area contributed by atoms with Crippen LogP contribution in [0.15, 0.2) is 18.2 Å². The van der Waals surface area contributed by atoms with Gasteiger partial charge < -0.3 is 10.2 Å². The van der Waals surface area contributed by atoms with Gasteiger partial charge in [-0.2, -0.15) is 0 Å². The highest BCUT2D eigenvalue weighted by Gasteiger charge is 2.08. The van der Waals surface area contributed by atoms with Crippen molar-refractivity contribution in [1.82, 2.24) is 0 Å². The van der Waals surface area contributed by atoms with Crippen LogP contribution in [-0.4, -0.2) is 10.2 Å². The van der Waals surface area contributed by atoms with Crippen LogP contribution >= 0.6 is 22.9 Å². The summed E-state index contributed by atoms with van der Waals surface area (Å²) in [5, 5.41) is 19.1. The van der Waals surface area contributed by atoms with E-state index in [1.54, 1.807) is 12.1 Å². The van der Waals surface area contributed by atoms with E-state index >= 15 is 0 Å². The molecule has 0 atom stereocenters. The third-order valence-corrected chi connectivity index (χ3v) is 2.96. The smallest absolute Gasteiger partial charge is 0.153 e. The monoisotopic (exact) mass is 200 g/mol. The molecule has 0 fully saturated rings. The van der Waals surface area contributed by atoms with E-state index in [4.69, 9.17) is 16.7 Å². The van der Waals surface area contributed by atoms with Crippen molar-refractivity contribution in [2.75, 3.05) is 0 Å². The lowest BCUT2D eigenvalue weighted by molar-refractivity contribution is 0.472. The Labute approximate surface area is 77.6 Å². The maximum absolute atomic E-state index is 9.39. The number of fused-ring (bicyclic) bond motifs is 1. The molecule has 0 unspecified atom stereocenters. The number of halogens is 1. The van der Waals surface area contributed by atoms with Gasteiger partial charge in [-0.25, -0.2) is 0 Å². The Hall–Kier alpha value is -0.930. The number of aromatic hydroxyl groups is 2. The Kier molecular flexibility index (Phi) is 1.63. The van der Waals surface area contributed by atoms with Gasteiger partial charge in [0.1, 0.15) is 10.1 Å². The summed E-state index contributed by atoms with van der Waals surface area (Å²) >= 11 is 6.98. The molecule has 0 amide bonds. The molecule has 1 aromatic carbocycles. The van der Waals surface area contributed by atoms with E-state index in [2.05, 4.69) is 0 Å². The first-order valence-electron chi connectivity index (χ1n) is 3.28. The third kappa shape index (κ3) is 1.02. The van der Waals surface area contributed by atoms with Crippen molar-refractivity contribution >= 4 is 33.0 Å². The second-order valence-electron chi connectivity index (χ2n) is 2.40. The van der Waals surface area contributed by atoms with Gasteiger partial charge in [0.25, 0.3) is 0 Å². The lowest BCUT2D eigenvalue weighted by Gasteiger charge is -1.91. The minimum absolute atomic E-state index is 0.0487. The molecule has 4 heteroatoms. The molecule has 2 N–H and O–H groups in total. The van der Waals surface area contributed by atoms with Gasteiger partial charge >= 0.3 is 0 Å². The molecule has 2 aromatic rings. The van der Waals surface area contributed by atoms with E-state index in [0.717, 1.165) is 4.70 Å². The Morgan fingerprint density at radius 1 is 1.25 bits per heavy atom. The zero-order valence-electron chi connectivity index (χ0n) is 5.91. The lowest BCUT2D eigenvalue weighted by Crippen LogP contribution is -1.64. The van der Waals surface area contributed by atoms with E-state index < -0.39 is 0 Å². The summed E-state index contributed by atoms with van der Waals surface area (Å²) in [6.07, 6.45) is 0. The molecule has 0 radical (unpaired) electrons. The van der Waals surface area contributed by atoms with Crippen LogP contribution in [0.5, 0.6) is 11.5 Å². The molecular formula is C8H5ClO2S. The van der Waals surface area contributed by atoms with Gasteiger partial charge in [-0.05, 0) is 18.2 Å². The first kappa shape index (κ1) is 7.71. The molecule has 0 aliphatic heterocycles. The number of hydrogen-bond donors (Lipinski definition) is 2. The number of rotatable bonds is 0. The van der Waals surface area contributed by atoms with Crippen LogP contribution in [0, 0.1) is 0 Å². The topological polar surface area (TPSA) is 40.5 Å². The minimum atomic E-state index is 0.0487. The maximum atomic E-state index is 9.39. The predicted octanol–water partition coefficient (Wildman–Crippen LogP) is 2.97. The molecule has 2 rings (SSSR count). The van der Waals surface area contributed by atoms with E-state index in [-0.39, 0.29) is 11.5 Å². The summed E-state index contributed by atoms with van der Waals surface area (Å²) < 4.78 is 1.23. The molecule has 0 saturated heterocycles. The molecule has 12 heavy (non-hydrogen) atoms. The molecule has 0 saturated carbocycles. The first-order valence-corrected chi connectivity index (χ1v) is 4.48. The van der Waals surface area contributed by atoms with Crippen LogP contribution < -0.4 is 0 Å². The highest BCUT2D eigenvalue weighted by atomic mass is 35.5. The SMILES string of the molecule is Oc1ccc2sc(Cl)c(O)c2c1. The first-order chi connectivity index (χ1) is 5.68. The number of phenolic OH excluding ortho intramolecular Hbond substituents is 1. The fraction of sp³-hybridized carbons (Fsp3) is 0. The van der Waals surface area contributed by atoms with Crippen LogP contribution in [0.2, 0.25) is 4.34 Å². The van der Waals surface area contributed by atoms with Crippen molar-refractivity contribution in [2.24, 2.45) is 0 Å². The van der Waals surface area contributed by atoms with Crippen molar-refractivity contribution in [3.8, 4) is 11.5 Å². The molecule has 62 valence electrons. The predicted molar refractivity (Wildman–Crippen MR) is 50.2 cm³/mol.